The van der Waals surface area contributed by atoms with Crippen LogP contribution in [0.25, 0.3) is 0 Å². The summed E-state index contributed by atoms with van der Waals surface area (Å²) < 4.78 is 0. The van der Waals surface area contributed by atoms with Gasteiger partial charge in [0.25, 0.3) is 0 Å². The van der Waals surface area contributed by atoms with Gasteiger partial charge in [-0.05, 0) is 12.8 Å². The number of aliphatic hydroxyl groups is 1. The molecule has 0 aliphatic carbocycles. The van der Waals surface area contributed by atoms with E-state index >= 15 is 0 Å². The molecule has 60 valence electrons. The summed E-state index contributed by atoms with van der Waals surface area (Å²) in [4.78, 5) is 0. The second-order valence-electron chi connectivity index (χ2n) is 2.56. The second-order valence-corrected chi connectivity index (χ2v) is 2.56. The van der Waals surface area contributed by atoms with Crippen LogP contribution in [0.3, 0.4) is 0 Å². The minimum Gasteiger partial charge on any atom is -0.393 e. The predicted octanol–water partition coefficient (Wildman–Crippen LogP) is 2.34. The standard InChI is InChI=1S/C8H18O.Ti/c1-3-5-6-7-8(9)4-2;/h8-9H,3-7H2,1-2H3;. The maximum absolute atomic E-state index is 9.08. The van der Waals surface area contributed by atoms with Gasteiger partial charge in [-0.15, -0.1) is 0 Å². The van der Waals surface area contributed by atoms with Crippen molar-refractivity contribution >= 4 is 0 Å². The van der Waals surface area contributed by atoms with E-state index in [-0.39, 0.29) is 27.8 Å². The van der Waals surface area contributed by atoms with Crippen LogP contribution in [0.2, 0.25) is 0 Å². The maximum atomic E-state index is 9.08. The van der Waals surface area contributed by atoms with Gasteiger partial charge in [-0.1, -0.05) is 33.1 Å². The molecule has 1 nitrogen and oxygen atoms in total. The van der Waals surface area contributed by atoms with Gasteiger partial charge in [-0.3, -0.25) is 0 Å². The van der Waals surface area contributed by atoms with Crippen LogP contribution in [0.5, 0.6) is 0 Å². The van der Waals surface area contributed by atoms with Crippen LogP contribution in [0.15, 0.2) is 0 Å². The first kappa shape index (κ1) is 13.3. The van der Waals surface area contributed by atoms with Crippen molar-refractivity contribution < 1.29 is 26.8 Å². The van der Waals surface area contributed by atoms with E-state index < -0.39 is 0 Å². The molecule has 1 unspecified atom stereocenters. The molecule has 2 heteroatoms. The Morgan fingerprint density at radius 2 is 1.80 bits per heavy atom. The van der Waals surface area contributed by atoms with E-state index in [1.807, 2.05) is 6.92 Å². The second kappa shape index (κ2) is 9.67. The van der Waals surface area contributed by atoms with Crippen molar-refractivity contribution in [3.63, 3.8) is 0 Å². The first-order valence-corrected chi connectivity index (χ1v) is 3.99. The van der Waals surface area contributed by atoms with Gasteiger partial charge >= 0.3 is 0 Å². The normalized spacial score (nSPS) is 12.3. The molecule has 0 saturated heterocycles. The van der Waals surface area contributed by atoms with Crippen molar-refractivity contribution in [3.8, 4) is 0 Å². The quantitative estimate of drug-likeness (QED) is 0.506. The summed E-state index contributed by atoms with van der Waals surface area (Å²) in [5, 5.41) is 9.08. The fourth-order valence-electron chi connectivity index (χ4n) is 0.834. The first-order chi connectivity index (χ1) is 4.31. The summed E-state index contributed by atoms with van der Waals surface area (Å²) in [5.41, 5.74) is 0. The van der Waals surface area contributed by atoms with E-state index in [1.165, 1.54) is 19.3 Å². The van der Waals surface area contributed by atoms with Crippen molar-refractivity contribution in [1.82, 2.24) is 0 Å². The molecule has 0 saturated carbocycles. The van der Waals surface area contributed by atoms with Gasteiger partial charge in [-0.25, -0.2) is 0 Å². The minimum absolute atomic E-state index is 0. The van der Waals surface area contributed by atoms with Crippen LogP contribution in [-0.4, -0.2) is 11.2 Å². The van der Waals surface area contributed by atoms with Gasteiger partial charge in [0.05, 0.1) is 6.10 Å². The van der Waals surface area contributed by atoms with Gasteiger partial charge in [0.2, 0.25) is 0 Å². The van der Waals surface area contributed by atoms with E-state index in [0.29, 0.717) is 0 Å². The molecule has 0 fully saturated rings. The Morgan fingerprint density at radius 1 is 1.20 bits per heavy atom. The number of aliphatic hydroxyl groups excluding tert-OH is 1. The molecule has 0 heterocycles. The van der Waals surface area contributed by atoms with Crippen LogP contribution in [0.4, 0.5) is 0 Å². The van der Waals surface area contributed by atoms with E-state index in [0.717, 1.165) is 12.8 Å². The average molecular weight is 178 g/mol. The third-order valence-electron chi connectivity index (χ3n) is 1.61. The van der Waals surface area contributed by atoms with Gasteiger partial charge in [0, 0.05) is 21.7 Å². The van der Waals surface area contributed by atoms with Crippen molar-refractivity contribution in [3.05, 3.63) is 0 Å². The summed E-state index contributed by atoms with van der Waals surface area (Å²) in [6.07, 6.45) is 5.55. The SMILES string of the molecule is CCCCCC(O)CC.[Ti]. The molecule has 0 aliphatic rings. The van der Waals surface area contributed by atoms with Crippen LogP contribution in [0, 0.1) is 0 Å². The molecule has 0 radical (unpaired) electrons. The topological polar surface area (TPSA) is 20.2 Å². The summed E-state index contributed by atoms with van der Waals surface area (Å²) in [7, 11) is 0. The number of unbranched alkanes of at least 4 members (excludes halogenated alkanes) is 2. The molecule has 0 amide bonds. The monoisotopic (exact) mass is 178 g/mol. The summed E-state index contributed by atoms with van der Waals surface area (Å²) >= 11 is 0. The molecule has 0 aromatic rings. The molecule has 0 aromatic carbocycles. The fraction of sp³-hybridized carbons (Fsp3) is 1.00. The smallest absolute Gasteiger partial charge is 0.0537 e. The molecule has 0 aromatic heterocycles. The zero-order valence-electron chi connectivity index (χ0n) is 7.06. The number of hydrogen-bond acceptors (Lipinski definition) is 1. The fourth-order valence-corrected chi connectivity index (χ4v) is 0.834. The Morgan fingerprint density at radius 3 is 2.20 bits per heavy atom. The van der Waals surface area contributed by atoms with Crippen LogP contribution >= 0.6 is 0 Å². The predicted molar refractivity (Wildman–Crippen MR) is 40.4 cm³/mol. The van der Waals surface area contributed by atoms with Gasteiger partial charge < -0.3 is 5.11 Å². The molecule has 0 spiro atoms. The van der Waals surface area contributed by atoms with Crippen LogP contribution in [0.1, 0.15) is 46.0 Å². The van der Waals surface area contributed by atoms with E-state index in [4.69, 9.17) is 5.11 Å². The molecule has 0 aliphatic heterocycles. The number of hydrogen-bond donors (Lipinski definition) is 1. The average Bonchev–Trinajstić information content (AvgIpc) is 1.89. The summed E-state index contributed by atoms with van der Waals surface area (Å²) in [6.45, 7) is 4.20. The summed E-state index contributed by atoms with van der Waals surface area (Å²) in [6, 6.07) is 0. The van der Waals surface area contributed by atoms with Crippen molar-refractivity contribution in [1.29, 1.82) is 0 Å². The minimum atomic E-state index is -0.0449. The summed E-state index contributed by atoms with van der Waals surface area (Å²) in [5.74, 6) is 0. The molecule has 1 N–H and O–H groups in total. The van der Waals surface area contributed by atoms with Crippen LogP contribution < -0.4 is 0 Å². The molecule has 1 atom stereocenters. The van der Waals surface area contributed by atoms with Crippen LogP contribution in [-0.2, 0) is 21.7 Å². The zero-order valence-corrected chi connectivity index (χ0v) is 8.62. The third kappa shape index (κ3) is 8.67. The van der Waals surface area contributed by atoms with Crippen molar-refractivity contribution in [2.75, 3.05) is 0 Å². The Labute approximate surface area is 79.1 Å². The Hall–Kier alpha value is 0.674. The van der Waals surface area contributed by atoms with Crippen molar-refractivity contribution in [2.24, 2.45) is 0 Å². The largest absolute Gasteiger partial charge is 0.393 e. The number of rotatable bonds is 5. The van der Waals surface area contributed by atoms with E-state index in [9.17, 15) is 0 Å². The third-order valence-corrected chi connectivity index (χ3v) is 1.61. The molecule has 0 bridgehead atoms. The Kier molecular flexibility index (Phi) is 12.8. The van der Waals surface area contributed by atoms with E-state index in [2.05, 4.69) is 6.92 Å². The molecular weight excluding hydrogens is 160 g/mol. The van der Waals surface area contributed by atoms with Crippen molar-refractivity contribution in [2.45, 2.75) is 52.1 Å². The van der Waals surface area contributed by atoms with Gasteiger partial charge in [0.15, 0.2) is 0 Å². The Balaban J connectivity index is 0. The van der Waals surface area contributed by atoms with Gasteiger partial charge in [-0.2, -0.15) is 0 Å². The molecule has 10 heavy (non-hydrogen) atoms. The first-order valence-electron chi connectivity index (χ1n) is 3.99. The zero-order chi connectivity index (χ0) is 7.11. The Bertz CT molecular complexity index is 57.2. The maximum Gasteiger partial charge on any atom is 0.0537 e. The molecular formula is C8H18OTi. The van der Waals surface area contributed by atoms with Gasteiger partial charge in [0.1, 0.15) is 0 Å². The molecule has 0 rings (SSSR count). The van der Waals surface area contributed by atoms with E-state index in [1.54, 1.807) is 0 Å².